The van der Waals surface area contributed by atoms with Crippen LogP contribution in [0.2, 0.25) is 0 Å². The van der Waals surface area contributed by atoms with Crippen LogP contribution in [0.1, 0.15) is 126 Å². The standard InChI is InChI=1S/C37H51O2P/c1-10-12-16-21-37(11-2,40-33-20-19-27(3)22-29(33)25-38)32-24-30(35(4,5)6)23-31(36(7,8)9)34(32)39-26-28-17-14-13-15-18-28/h13-15,17-20,22-25,40H,10-12,16,21,26H2,1-9H3. The Morgan fingerprint density at radius 3 is 2.08 bits per heavy atom. The van der Waals surface area contributed by atoms with Gasteiger partial charge in [0.1, 0.15) is 12.4 Å². The third kappa shape index (κ3) is 7.85. The monoisotopic (exact) mass is 558 g/mol. The van der Waals surface area contributed by atoms with Crippen molar-refractivity contribution in [3.05, 3.63) is 94.0 Å². The third-order valence-electron chi connectivity index (χ3n) is 8.02. The van der Waals surface area contributed by atoms with E-state index in [9.17, 15) is 4.79 Å². The molecular weight excluding hydrogens is 507 g/mol. The molecule has 0 aliphatic carbocycles. The Bertz CT molecular complexity index is 1260. The molecule has 0 bridgehead atoms. The molecule has 0 aliphatic heterocycles. The van der Waals surface area contributed by atoms with E-state index >= 15 is 0 Å². The van der Waals surface area contributed by atoms with Gasteiger partial charge in [-0.1, -0.05) is 143 Å². The van der Waals surface area contributed by atoms with Crippen molar-refractivity contribution in [2.24, 2.45) is 0 Å². The van der Waals surface area contributed by atoms with Gasteiger partial charge in [-0.25, -0.2) is 0 Å². The molecule has 3 heteroatoms. The van der Waals surface area contributed by atoms with Gasteiger partial charge in [0.05, 0.1) is 0 Å². The number of aldehydes is 1. The fraction of sp³-hybridized carbons (Fsp3) is 0.486. The van der Waals surface area contributed by atoms with Crippen molar-refractivity contribution in [2.45, 2.75) is 117 Å². The van der Waals surface area contributed by atoms with Crippen molar-refractivity contribution < 1.29 is 9.53 Å². The Morgan fingerprint density at radius 1 is 0.825 bits per heavy atom. The second-order valence-corrected chi connectivity index (χ2v) is 15.1. The Labute approximate surface area is 246 Å². The number of ether oxygens (including phenoxy) is 1. The number of unbranched alkanes of at least 4 members (excludes halogenated alkanes) is 2. The van der Waals surface area contributed by atoms with Crippen LogP contribution in [0.4, 0.5) is 0 Å². The molecule has 0 N–H and O–H groups in total. The molecule has 0 saturated carbocycles. The number of benzene rings is 3. The van der Waals surface area contributed by atoms with Crippen LogP contribution in [0, 0.1) is 6.92 Å². The zero-order valence-electron chi connectivity index (χ0n) is 26.4. The summed E-state index contributed by atoms with van der Waals surface area (Å²) in [5.74, 6) is 1.04. The summed E-state index contributed by atoms with van der Waals surface area (Å²) >= 11 is 0. The smallest absolute Gasteiger partial charge is 0.150 e. The van der Waals surface area contributed by atoms with Gasteiger partial charge in [-0.05, 0) is 53.1 Å². The van der Waals surface area contributed by atoms with Crippen molar-refractivity contribution >= 4 is 20.2 Å². The molecule has 2 unspecified atom stereocenters. The Hall–Kier alpha value is -2.44. The molecule has 0 spiro atoms. The van der Waals surface area contributed by atoms with Gasteiger partial charge in [0.2, 0.25) is 0 Å². The number of hydrogen-bond acceptors (Lipinski definition) is 2. The first kappa shape index (κ1) is 32.1. The molecule has 216 valence electrons. The lowest BCUT2D eigenvalue weighted by Gasteiger charge is -2.39. The highest BCUT2D eigenvalue weighted by atomic mass is 31.1. The molecule has 2 atom stereocenters. The average Bonchev–Trinajstić information content (AvgIpc) is 2.91. The number of carbonyl (C=O) groups is 1. The highest BCUT2D eigenvalue weighted by molar-refractivity contribution is 7.48. The average molecular weight is 559 g/mol. The summed E-state index contributed by atoms with van der Waals surface area (Å²) in [5, 5.41) is 1.03. The van der Waals surface area contributed by atoms with Gasteiger partial charge in [-0.15, -0.1) is 0 Å². The van der Waals surface area contributed by atoms with Gasteiger partial charge >= 0.3 is 0 Å². The van der Waals surface area contributed by atoms with Crippen molar-refractivity contribution in [3.8, 4) is 5.75 Å². The molecular formula is C37H51O2P. The summed E-state index contributed by atoms with van der Waals surface area (Å²) in [5.41, 5.74) is 6.95. The van der Waals surface area contributed by atoms with Gasteiger partial charge in [0.15, 0.2) is 6.29 Å². The van der Waals surface area contributed by atoms with E-state index in [1.54, 1.807) is 0 Å². The summed E-state index contributed by atoms with van der Waals surface area (Å²) in [6.07, 6.45) is 6.63. The van der Waals surface area contributed by atoms with Gasteiger partial charge < -0.3 is 4.74 Å². The first-order valence-corrected chi connectivity index (χ1v) is 16.0. The first-order valence-electron chi connectivity index (χ1n) is 15.0. The Balaban J connectivity index is 2.33. The van der Waals surface area contributed by atoms with Crippen LogP contribution in [-0.2, 0) is 22.6 Å². The summed E-state index contributed by atoms with van der Waals surface area (Å²) in [6, 6.07) is 21.7. The van der Waals surface area contributed by atoms with E-state index in [4.69, 9.17) is 4.74 Å². The van der Waals surface area contributed by atoms with Crippen molar-refractivity contribution in [1.82, 2.24) is 0 Å². The molecule has 0 saturated heterocycles. The topological polar surface area (TPSA) is 26.3 Å². The SMILES string of the molecule is CCCCCC(CC)(Pc1ccc(C)cc1C=O)c1cc(C(C)(C)C)cc(C(C)(C)C)c1OCc1ccccc1. The van der Waals surface area contributed by atoms with Crippen molar-refractivity contribution in [2.75, 3.05) is 0 Å². The molecule has 0 aromatic heterocycles. The Kier molecular flexibility index (Phi) is 10.8. The minimum Gasteiger partial charge on any atom is -0.488 e. The lowest BCUT2D eigenvalue weighted by atomic mass is 9.76. The fourth-order valence-corrected chi connectivity index (χ4v) is 7.16. The molecule has 3 rings (SSSR count). The van der Waals surface area contributed by atoms with Crippen LogP contribution in [0.5, 0.6) is 5.75 Å². The third-order valence-corrected chi connectivity index (χ3v) is 10.1. The fourth-order valence-electron chi connectivity index (χ4n) is 5.41. The normalized spacial score (nSPS) is 13.9. The molecule has 3 aromatic carbocycles. The first-order chi connectivity index (χ1) is 18.8. The van der Waals surface area contributed by atoms with E-state index < -0.39 is 0 Å². The Morgan fingerprint density at radius 2 is 1.50 bits per heavy atom. The van der Waals surface area contributed by atoms with E-state index in [1.165, 1.54) is 35.1 Å². The molecule has 2 nitrogen and oxygen atoms in total. The van der Waals surface area contributed by atoms with Crippen LogP contribution in [0.3, 0.4) is 0 Å². The van der Waals surface area contributed by atoms with Crippen LogP contribution < -0.4 is 10.0 Å². The van der Waals surface area contributed by atoms with E-state index in [1.807, 2.05) is 6.07 Å². The summed E-state index contributed by atoms with van der Waals surface area (Å²) in [6.45, 7) is 21.0. The predicted octanol–water partition coefficient (Wildman–Crippen LogP) is 10.2. The summed E-state index contributed by atoms with van der Waals surface area (Å²) in [4.78, 5) is 12.2. The second-order valence-electron chi connectivity index (χ2n) is 13.4. The van der Waals surface area contributed by atoms with Crippen LogP contribution in [0.15, 0.2) is 60.7 Å². The molecule has 0 fully saturated rings. The van der Waals surface area contributed by atoms with Crippen LogP contribution in [0.25, 0.3) is 0 Å². The minimum absolute atomic E-state index is 0.00344. The minimum atomic E-state index is -0.129. The summed E-state index contributed by atoms with van der Waals surface area (Å²) in [7, 11) is 0.472. The maximum atomic E-state index is 12.2. The van der Waals surface area contributed by atoms with Crippen molar-refractivity contribution in [1.29, 1.82) is 0 Å². The lowest BCUT2D eigenvalue weighted by molar-refractivity contribution is 0.112. The van der Waals surface area contributed by atoms with Gasteiger partial charge in [-0.2, -0.15) is 0 Å². The van der Waals surface area contributed by atoms with Gasteiger partial charge in [0.25, 0.3) is 0 Å². The van der Waals surface area contributed by atoms with E-state index in [2.05, 4.69) is 117 Å². The highest BCUT2D eigenvalue weighted by Crippen LogP contribution is 2.54. The zero-order chi connectivity index (χ0) is 29.6. The van der Waals surface area contributed by atoms with E-state index in [0.717, 1.165) is 47.7 Å². The van der Waals surface area contributed by atoms with E-state index in [0.29, 0.717) is 15.2 Å². The van der Waals surface area contributed by atoms with Crippen LogP contribution in [-0.4, -0.2) is 6.29 Å². The molecule has 3 aromatic rings. The largest absolute Gasteiger partial charge is 0.488 e. The molecule has 40 heavy (non-hydrogen) atoms. The number of hydrogen-bond donors (Lipinski definition) is 0. The number of rotatable bonds is 12. The zero-order valence-corrected chi connectivity index (χ0v) is 27.4. The maximum Gasteiger partial charge on any atom is 0.150 e. The highest BCUT2D eigenvalue weighted by Gasteiger charge is 2.38. The molecule has 0 radical (unpaired) electrons. The lowest BCUT2D eigenvalue weighted by Crippen LogP contribution is -2.28. The molecule has 0 amide bonds. The summed E-state index contributed by atoms with van der Waals surface area (Å²) < 4.78 is 6.91. The molecule has 0 aliphatic rings. The number of aryl methyl sites for hydroxylation is 1. The van der Waals surface area contributed by atoms with Crippen molar-refractivity contribution in [3.63, 3.8) is 0 Å². The predicted molar refractivity (Wildman–Crippen MR) is 175 cm³/mol. The molecule has 0 heterocycles. The van der Waals surface area contributed by atoms with Gasteiger partial charge in [0, 0.05) is 21.8 Å². The second kappa shape index (κ2) is 13.5. The van der Waals surface area contributed by atoms with E-state index in [-0.39, 0.29) is 16.0 Å². The maximum absolute atomic E-state index is 12.2. The quantitative estimate of drug-likeness (QED) is 0.126. The van der Waals surface area contributed by atoms with Crippen LogP contribution >= 0.6 is 8.58 Å². The number of carbonyl (C=O) groups excluding carboxylic acids is 1. The van der Waals surface area contributed by atoms with Gasteiger partial charge in [-0.3, -0.25) is 4.79 Å².